The minimum Gasteiger partial charge on any atom is -0.322 e. The summed E-state index contributed by atoms with van der Waals surface area (Å²) in [6.07, 6.45) is 2.89. The molecule has 0 aromatic heterocycles. The smallest absolute Gasteiger partial charge is 0.240 e. The highest BCUT2D eigenvalue weighted by Crippen LogP contribution is 2.21. The van der Waals surface area contributed by atoms with Gasteiger partial charge in [-0.25, -0.2) is 4.39 Å². The number of amides is 1. The molecule has 0 aromatic rings. The Labute approximate surface area is 137 Å². The van der Waals surface area contributed by atoms with Crippen molar-refractivity contribution in [2.45, 2.75) is 56.4 Å². The molecule has 5 nitrogen and oxygen atoms in total. The van der Waals surface area contributed by atoms with Crippen molar-refractivity contribution < 1.29 is 9.18 Å². The number of hydrogen-bond acceptors (Lipinski definition) is 4. The Balaban J connectivity index is 0.00000200. The monoisotopic (exact) mass is 340 g/mol. The van der Waals surface area contributed by atoms with Gasteiger partial charge in [0.1, 0.15) is 12.2 Å². The van der Waals surface area contributed by atoms with Crippen molar-refractivity contribution in [2.75, 3.05) is 13.1 Å². The van der Waals surface area contributed by atoms with Crippen LogP contribution in [0.15, 0.2) is 0 Å². The molecule has 0 bridgehead atoms. The first-order chi connectivity index (χ1) is 9.11. The molecule has 21 heavy (non-hydrogen) atoms. The van der Waals surface area contributed by atoms with Crippen molar-refractivity contribution in [1.82, 2.24) is 10.2 Å². The van der Waals surface area contributed by atoms with Gasteiger partial charge in [0.15, 0.2) is 0 Å². The molecule has 2 aliphatic rings. The average Bonchev–Trinajstić information content (AvgIpc) is 2.80. The summed E-state index contributed by atoms with van der Waals surface area (Å²) in [5.74, 6) is -0.293. The molecule has 2 fully saturated rings. The topological polar surface area (TPSA) is 82.2 Å². The van der Waals surface area contributed by atoms with E-state index in [0.29, 0.717) is 6.42 Å². The zero-order valence-corrected chi connectivity index (χ0v) is 13.5. The summed E-state index contributed by atoms with van der Waals surface area (Å²) >= 11 is 0. The molecule has 3 N–H and O–H groups in total. The van der Waals surface area contributed by atoms with Crippen LogP contribution in [-0.4, -0.2) is 48.2 Å². The highest BCUT2D eigenvalue weighted by Gasteiger charge is 2.37. The SMILES string of the molecule is Cl.Cl.N#C[C@@H]1C[C@H](F)CN1C(=O)[C@@H](N)CC1CCCCN1. The molecule has 2 saturated heterocycles. The highest BCUT2D eigenvalue weighted by molar-refractivity contribution is 5.85. The number of nitriles is 1. The zero-order chi connectivity index (χ0) is 13.8. The van der Waals surface area contributed by atoms with Crippen molar-refractivity contribution in [1.29, 1.82) is 5.26 Å². The van der Waals surface area contributed by atoms with E-state index in [4.69, 9.17) is 11.0 Å². The Bertz CT molecular complexity index is 374. The molecule has 122 valence electrons. The van der Waals surface area contributed by atoms with Crippen LogP contribution in [0.2, 0.25) is 0 Å². The molecule has 0 saturated carbocycles. The normalized spacial score (nSPS) is 29.8. The van der Waals surface area contributed by atoms with E-state index in [-0.39, 0.29) is 49.7 Å². The number of rotatable bonds is 3. The van der Waals surface area contributed by atoms with E-state index in [2.05, 4.69) is 5.32 Å². The summed E-state index contributed by atoms with van der Waals surface area (Å²) in [6, 6.07) is 0.938. The molecule has 2 heterocycles. The maximum Gasteiger partial charge on any atom is 0.240 e. The number of carbonyl (C=O) groups excluding carboxylic acids is 1. The molecule has 1 amide bonds. The van der Waals surface area contributed by atoms with Crippen molar-refractivity contribution in [3.63, 3.8) is 0 Å². The van der Waals surface area contributed by atoms with E-state index in [0.717, 1.165) is 25.8 Å². The first-order valence-corrected chi connectivity index (χ1v) is 6.95. The first-order valence-electron chi connectivity index (χ1n) is 6.95. The zero-order valence-electron chi connectivity index (χ0n) is 11.8. The summed E-state index contributed by atoms with van der Waals surface area (Å²) in [6.45, 7) is 0.964. The lowest BCUT2D eigenvalue weighted by atomic mass is 9.98. The van der Waals surface area contributed by atoms with Gasteiger partial charge in [0, 0.05) is 12.5 Å². The van der Waals surface area contributed by atoms with Crippen molar-refractivity contribution in [3.8, 4) is 6.07 Å². The van der Waals surface area contributed by atoms with Crippen LogP contribution in [0.4, 0.5) is 4.39 Å². The van der Waals surface area contributed by atoms with Crippen LogP contribution in [0.1, 0.15) is 32.1 Å². The third-order valence-electron chi connectivity index (χ3n) is 3.95. The van der Waals surface area contributed by atoms with Crippen LogP contribution in [-0.2, 0) is 4.79 Å². The van der Waals surface area contributed by atoms with Crippen molar-refractivity contribution in [3.05, 3.63) is 0 Å². The molecule has 2 aliphatic heterocycles. The number of nitrogens with zero attached hydrogens (tertiary/aromatic N) is 2. The van der Waals surface area contributed by atoms with E-state index in [1.807, 2.05) is 6.07 Å². The van der Waals surface area contributed by atoms with E-state index >= 15 is 0 Å². The Hall–Kier alpha value is -0.610. The summed E-state index contributed by atoms with van der Waals surface area (Å²) in [5, 5.41) is 12.3. The average molecular weight is 341 g/mol. The van der Waals surface area contributed by atoms with E-state index in [1.54, 1.807) is 0 Å². The van der Waals surface area contributed by atoms with Crippen molar-refractivity contribution >= 4 is 30.7 Å². The fraction of sp³-hybridized carbons (Fsp3) is 0.846. The van der Waals surface area contributed by atoms with E-state index < -0.39 is 18.3 Å². The molecule has 1 unspecified atom stereocenters. The van der Waals surface area contributed by atoms with Crippen molar-refractivity contribution in [2.24, 2.45) is 5.73 Å². The summed E-state index contributed by atoms with van der Waals surface area (Å²) in [5.41, 5.74) is 5.93. The number of piperidine rings is 1. The summed E-state index contributed by atoms with van der Waals surface area (Å²) < 4.78 is 13.3. The van der Waals surface area contributed by atoms with Crippen LogP contribution in [0.25, 0.3) is 0 Å². The number of alkyl halides is 1. The van der Waals surface area contributed by atoms with Crippen LogP contribution in [0.3, 0.4) is 0 Å². The quantitative estimate of drug-likeness (QED) is 0.807. The minimum atomic E-state index is -1.10. The van der Waals surface area contributed by atoms with Crippen LogP contribution >= 0.6 is 24.8 Å². The van der Waals surface area contributed by atoms with Gasteiger partial charge in [-0.3, -0.25) is 4.79 Å². The molecular formula is C13H23Cl2FN4O. The Kier molecular flexibility index (Phi) is 9.14. The lowest BCUT2D eigenvalue weighted by Crippen LogP contribution is -2.49. The first kappa shape index (κ1) is 20.4. The number of nitrogens with two attached hydrogens (primary N) is 1. The third-order valence-corrected chi connectivity index (χ3v) is 3.95. The Morgan fingerprint density at radius 3 is 2.76 bits per heavy atom. The molecule has 2 rings (SSSR count). The van der Waals surface area contributed by atoms with Gasteiger partial charge in [0.25, 0.3) is 0 Å². The number of likely N-dealkylation sites (tertiary alicyclic amines) is 1. The number of hydrogen-bond donors (Lipinski definition) is 2. The largest absolute Gasteiger partial charge is 0.322 e. The summed E-state index contributed by atoms with van der Waals surface area (Å²) in [4.78, 5) is 13.5. The van der Waals surface area contributed by atoms with Gasteiger partial charge >= 0.3 is 0 Å². The molecule has 0 spiro atoms. The molecule has 0 radical (unpaired) electrons. The van der Waals surface area contributed by atoms with Crippen LogP contribution in [0.5, 0.6) is 0 Å². The van der Waals surface area contributed by atoms with Crippen LogP contribution in [0, 0.1) is 11.3 Å². The van der Waals surface area contributed by atoms with Gasteiger partial charge in [-0.05, 0) is 25.8 Å². The lowest BCUT2D eigenvalue weighted by molar-refractivity contribution is -0.133. The Morgan fingerprint density at radius 1 is 1.48 bits per heavy atom. The van der Waals surface area contributed by atoms with E-state index in [1.165, 1.54) is 4.90 Å². The van der Waals surface area contributed by atoms with Gasteiger partial charge in [0.2, 0.25) is 5.91 Å². The van der Waals surface area contributed by atoms with Gasteiger partial charge in [0.05, 0.1) is 18.7 Å². The third kappa shape index (κ3) is 5.26. The summed E-state index contributed by atoms with van der Waals surface area (Å²) in [7, 11) is 0. The van der Waals surface area contributed by atoms with Gasteiger partial charge < -0.3 is 16.0 Å². The maximum absolute atomic E-state index is 13.3. The fourth-order valence-corrected chi connectivity index (χ4v) is 2.90. The second-order valence-electron chi connectivity index (χ2n) is 5.46. The number of nitrogens with one attached hydrogen (secondary N) is 1. The standard InChI is InChI=1S/C13H21FN4O.2ClH/c14-9-5-11(7-15)18(8-9)13(19)12(16)6-10-3-1-2-4-17-10;;/h9-12,17H,1-6,8,16H2;2*1H/t9-,10?,11-,12-;;/m0../s1. The molecule has 0 aromatic carbocycles. The minimum absolute atomic E-state index is 0. The van der Waals surface area contributed by atoms with E-state index in [9.17, 15) is 9.18 Å². The predicted molar refractivity (Wildman–Crippen MR) is 83.4 cm³/mol. The number of halogens is 3. The molecule has 8 heteroatoms. The Morgan fingerprint density at radius 2 is 2.19 bits per heavy atom. The number of carbonyl (C=O) groups is 1. The van der Waals surface area contributed by atoms with Gasteiger partial charge in [-0.2, -0.15) is 5.26 Å². The second kappa shape index (κ2) is 9.42. The molecular weight excluding hydrogens is 318 g/mol. The molecule has 0 aliphatic carbocycles. The lowest BCUT2D eigenvalue weighted by Gasteiger charge is -2.28. The predicted octanol–water partition coefficient (Wildman–Crippen LogP) is 1.15. The van der Waals surface area contributed by atoms with Gasteiger partial charge in [-0.1, -0.05) is 6.42 Å². The second-order valence-corrected chi connectivity index (χ2v) is 5.46. The fourth-order valence-electron chi connectivity index (χ4n) is 2.90. The van der Waals surface area contributed by atoms with Gasteiger partial charge in [-0.15, -0.1) is 24.8 Å². The molecule has 4 atom stereocenters. The van der Waals surface area contributed by atoms with Crippen LogP contribution < -0.4 is 11.1 Å². The highest BCUT2D eigenvalue weighted by atomic mass is 35.5. The maximum atomic E-state index is 13.3.